The number of rotatable bonds is 2. The van der Waals surface area contributed by atoms with Gasteiger partial charge in [0.2, 0.25) is 0 Å². The number of aromatic nitrogens is 1. The van der Waals surface area contributed by atoms with Crippen LogP contribution in [0.4, 0.5) is 0 Å². The fourth-order valence-corrected chi connectivity index (χ4v) is 5.06. The summed E-state index contributed by atoms with van der Waals surface area (Å²) in [5, 5.41) is 0. The molecule has 3 rings (SSSR count). The lowest BCUT2D eigenvalue weighted by molar-refractivity contribution is 1.06. The summed E-state index contributed by atoms with van der Waals surface area (Å²) in [6.45, 7) is 8.75. The summed E-state index contributed by atoms with van der Waals surface area (Å²) in [4.78, 5) is 0. The highest BCUT2D eigenvalue weighted by molar-refractivity contribution is 7.20. The molecule has 3 heteroatoms. The van der Waals surface area contributed by atoms with Gasteiger partial charge in [-0.25, -0.2) is 0 Å². The van der Waals surface area contributed by atoms with E-state index in [1.54, 1.807) is 0 Å². The van der Waals surface area contributed by atoms with Gasteiger partial charge in [0.15, 0.2) is 7.38 Å². The van der Waals surface area contributed by atoms with Gasteiger partial charge in [-0.15, -0.1) is 0 Å². The molecule has 1 aliphatic carbocycles. The number of benzene rings is 1. The highest BCUT2D eigenvalue weighted by Crippen LogP contribution is 2.40. The Kier molecular flexibility index (Phi) is 3.18. The van der Waals surface area contributed by atoms with E-state index in [0.717, 1.165) is 0 Å². The Bertz CT molecular complexity index is 672. The summed E-state index contributed by atoms with van der Waals surface area (Å²) in [5.41, 5.74) is 7.04. The first-order chi connectivity index (χ1) is 9.38. The molecule has 1 heterocycles. The van der Waals surface area contributed by atoms with Crippen molar-refractivity contribution in [2.24, 2.45) is 0 Å². The molecule has 0 aliphatic heterocycles. The van der Waals surface area contributed by atoms with Crippen LogP contribution in [0, 0.1) is 13.8 Å². The first-order valence-electron chi connectivity index (χ1n) is 7.03. The fourth-order valence-electron chi connectivity index (χ4n) is 2.94. The van der Waals surface area contributed by atoms with E-state index in [1.807, 2.05) is 0 Å². The second-order valence-electron chi connectivity index (χ2n) is 6.21. The van der Waals surface area contributed by atoms with Gasteiger partial charge in [0.05, 0.1) is 5.69 Å². The van der Waals surface area contributed by atoms with Crippen molar-refractivity contribution >= 4 is 24.5 Å². The minimum atomic E-state index is -1.73. The molecule has 0 N–H and O–H groups in total. The summed E-state index contributed by atoms with van der Waals surface area (Å²) < 4.78 is 2.24. The minimum absolute atomic E-state index is 0.414. The quantitative estimate of drug-likeness (QED) is 0.531. The first kappa shape index (κ1) is 13.7. The van der Waals surface area contributed by atoms with Crippen molar-refractivity contribution in [3.8, 4) is 5.69 Å². The SMILES string of the molecule is Cc1cn(-c2cccc3c2C=CC3[Si](C)(C)Cl)cc1C. The second-order valence-corrected chi connectivity index (χ2v) is 12.9. The highest BCUT2D eigenvalue weighted by Gasteiger charge is 2.34. The normalized spacial score (nSPS) is 17.6. The standard InChI is InChI=1S/C17H20ClNSi/c1-12-10-19(11-13(12)2)16-7-5-6-15-14(16)8-9-17(15)20(3,4)18/h5-11,17H,1-4H3. The predicted octanol–water partition coefficient (Wildman–Crippen LogP) is 5.19. The molecule has 1 unspecified atom stereocenters. The van der Waals surface area contributed by atoms with E-state index in [9.17, 15) is 0 Å². The lowest BCUT2D eigenvalue weighted by atomic mass is 10.1. The van der Waals surface area contributed by atoms with Gasteiger partial charge in [0, 0.05) is 23.5 Å². The van der Waals surface area contributed by atoms with Crippen LogP contribution < -0.4 is 0 Å². The molecule has 0 amide bonds. The van der Waals surface area contributed by atoms with Gasteiger partial charge in [-0.3, -0.25) is 0 Å². The zero-order valence-electron chi connectivity index (χ0n) is 12.4. The maximum absolute atomic E-state index is 6.68. The van der Waals surface area contributed by atoms with Gasteiger partial charge in [0.25, 0.3) is 0 Å². The van der Waals surface area contributed by atoms with E-state index >= 15 is 0 Å². The molecule has 1 atom stereocenters. The molecule has 0 fully saturated rings. The van der Waals surface area contributed by atoms with Gasteiger partial charge in [-0.2, -0.15) is 11.1 Å². The smallest absolute Gasteiger partial charge is 0.161 e. The van der Waals surface area contributed by atoms with Gasteiger partial charge in [0.1, 0.15) is 0 Å². The second kappa shape index (κ2) is 4.64. The van der Waals surface area contributed by atoms with E-state index in [0.29, 0.717) is 5.54 Å². The largest absolute Gasteiger partial charge is 0.323 e. The van der Waals surface area contributed by atoms with E-state index in [-0.39, 0.29) is 0 Å². The predicted molar refractivity (Wildman–Crippen MR) is 90.4 cm³/mol. The van der Waals surface area contributed by atoms with Crippen LogP contribution in [-0.4, -0.2) is 12.0 Å². The van der Waals surface area contributed by atoms with Crippen LogP contribution in [0.25, 0.3) is 11.8 Å². The van der Waals surface area contributed by atoms with Crippen molar-refractivity contribution in [2.75, 3.05) is 0 Å². The molecule has 104 valence electrons. The first-order valence-corrected chi connectivity index (χ1v) is 11.1. The average molecular weight is 302 g/mol. The number of aryl methyl sites for hydroxylation is 2. The van der Waals surface area contributed by atoms with Crippen LogP contribution in [0.3, 0.4) is 0 Å². The molecule has 20 heavy (non-hydrogen) atoms. The number of nitrogens with zero attached hydrogens (tertiary/aromatic N) is 1. The number of hydrogen-bond donors (Lipinski definition) is 0. The van der Waals surface area contributed by atoms with Gasteiger partial charge < -0.3 is 4.57 Å². The molecule has 0 spiro atoms. The van der Waals surface area contributed by atoms with E-state index in [1.165, 1.54) is 27.9 Å². The van der Waals surface area contributed by atoms with Crippen molar-refractivity contribution < 1.29 is 0 Å². The molecule has 0 radical (unpaired) electrons. The molecule has 2 aromatic rings. The average Bonchev–Trinajstić information content (AvgIpc) is 2.93. The molecule has 0 saturated heterocycles. The Morgan fingerprint density at radius 3 is 2.35 bits per heavy atom. The van der Waals surface area contributed by atoms with Crippen LogP contribution in [0.5, 0.6) is 0 Å². The third kappa shape index (κ3) is 2.17. The Hall–Kier alpha value is -1.25. The van der Waals surface area contributed by atoms with Gasteiger partial charge in [-0.1, -0.05) is 37.4 Å². The van der Waals surface area contributed by atoms with Gasteiger partial charge >= 0.3 is 0 Å². The number of hydrogen-bond acceptors (Lipinski definition) is 0. The molecule has 1 aromatic carbocycles. The zero-order chi connectivity index (χ0) is 14.5. The summed E-state index contributed by atoms with van der Waals surface area (Å²) in [6.07, 6.45) is 8.94. The molecular weight excluding hydrogens is 282 g/mol. The molecule has 0 saturated carbocycles. The van der Waals surface area contributed by atoms with Crippen molar-refractivity contribution in [3.63, 3.8) is 0 Å². The Balaban J connectivity index is 2.13. The Morgan fingerprint density at radius 2 is 1.75 bits per heavy atom. The third-order valence-electron chi connectivity index (χ3n) is 4.21. The number of allylic oxidation sites excluding steroid dienone is 1. The Morgan fingerprint density at radius 1 is 1.10 bits per heavy atom. The monoisotopic (exact) mass is 301 g/mol. The van der Waals surface area contributed by atoms with E-state index in [2.05, 4.69) is 74.3 Å². The minimum Gasteiger partial charge on any atom is -0.323 e. The lowest BCUT2D eigenvalue weighted by Gasteiger charge is -2.22. The molecule has 1 aromatic heterocycles. The molecule has 0 bridgehead atoms. The molecule has 1 aliphatic rings. The summed E-state index contributed by atoms with van der Waals surface area (Å²) >= 11 is 6.68. The van der Waals surface area contributed by atoms with E-state index in [4.69, 9.17) is 11.1 Å². The molecular formula is C17H20ClNSi. The Labute approximate surface area is 126 Å². The fraction of sp³-hybridized carbons (Fsp3) is 0.294. The summed E-state index contributed by atoms with van der Waals surface area (Å²) in [6, 6.07) is 6.56. The van der Waals surface area contributed by atoms with Crippen LogP contribution in [0.2, 0.25) is 13.1 Å². The van der Waals surface area contributed by atoms with Crippen LogP contribution in [-0.2, 0) is 0 Å². The van der Waals surface area contributed by atoms with Crippen LogP contribution in [0.15, 0.2) is 36.7 Å². The number of halogens is 1. The van der Waals surface area contributed by atoms with Crippen LogP contribution >= 0.6 is 11.1 Å². The third-order valence-corrected chi connectivity index (χ3v) is 6.90. The van der Waals surface area contributed by atoms with Crippen LogP contribution in [0.1, 0.15) is 27.8 Å². The van der Waals surface area contributed by atoms with Gasteiger partial charge in [-0.05, 0) is 36.6 Å². The maximum Gasteiger partial charge on any atom is 0.161 e. The summed E-state index contributed by atoms with van der Waals surface area (Å²) in [7, 11) is -1.73. The lowest BCUT2D eigenvalue weighted by Crippen LogP contribution is -2.26. The topological polar surface area (TPSA) is 4.93 Å². The van der Waals surface area contributed by atoms with E-state index < -0.39 is 7.38 Å². The maximum atomic E-state index is 6.68. The highest BCUT2D eigenvalue weighted by atomic mass is 35.6. The van der Waals surface area contributed by atoms with Crippen molar-refractivity contribution in [2.45, 2.75) is 32.5 Å². The zero-order valence-corrected chi connectivity index (χ0v) is 14.2. The molecule has 1 nitrogen and oxygen atoms in total. The van der Waals surface area contributed by atoms with Crippen molar-refractivity contribution in [1.29, 1.82) is 0 Å². The summed E-state index contributed by atoms with van der Waals surface area (Å²) in [5.74, 6) is 0. The van der Waals surface area contributed by atoms with Crippen molar-refractivity contribution in [1.82, 2.24) is 4.57 Å². The van der Waals surface area contributed by atoms with Crippen molar-refractivity contribution in [3.05, 3.63) is 58.9 Å². The number of fused-ring (bicyclic) bond motifs is 1.